The summed E-state index contributed by atoms with van der Waals surface area (Å²) in [7, 11) is -3.57. The van der Waals surface area contributed by atoms with E-state index < -0.39 is 10.0 Å². The monoisotopic (exact) mass is 363 g/mol. The number of hydrogen-bond acceptors (Lipinski definition) is 3. The number of hydrogen-bond donors (Lipinski definition) is 0. The van der Waals surface area contributed by atoms with E-state index in [0.717, 1.165) is 18.5 Å². The van der Waals surface area contributed by atoms with Crippen molar-refractivity contribution in [2.75, 3.05) is 13.1 Å². The van der Waals surface area contributed by atoms with Crippen LogP contribution < -0.4 is 0 Å². The first-order valence-electron chi connectivity index (χ1n) is 8.87. The first-order valence-corrected chi connectivity index (χ1v) is 10.3. The molecule has 6 heteroatoms. The third-order valence-corrected chi connectivity index (χ3v) is 6.12. The molecule has 1 aromatic carbocycles. The first-order chi connectivity index (χ1) is 11.7. The van der Waals surface area contributed by atoms with Gasteiger partial charge in [0.05, 0.1) is 17.6 Å². The number of aromatic nitrogens is 2. The third-order valence-electron chi connectivity index (χ3n) is 4.14. The molecule has 0 fully saturated rings. The van der Waals surface area contributed by atoms with Gasteiger partial charge in [0.2, 0.25) is 10.0 Å². The van der Waals surface area contributed by atoms with Crippen LogP contribution in [0.3, 0.4) is 0 Å². The Kier molecular flexibility index (Phi) is 6.06. The summed E-state index contributed by atoms with van der Waals surface area (Å²) in [5, 5.41) is 4.63. The highest BCUT2D eigenvalue weighted by molar-refractivity contribution is 7.89. The van der Waals surface area contributed by atoms with Gasteiger partial charge in [-0.05, 0) is 18.6 Å². The molecule has 0 N–H and O–H groups in total. The summed E-state index contributed by atoms with van der Waals surface area (Å²) in [6, 6.07) is 9.61. The topological polar surface area (TPSA) is 55.2 Å². The summed E-state index contributed by atoms with van der Waals surface area (Å²) < 4.78 is 29.7. The number of benzene rings is 1. The zero-order valence-corrected chi connectivity index (χ0v) is 16.7. The van der Waals surface area contributed by atoms with Crippen molar-refractivity contribution in [2.45, 2.75) is 57.8 Å². The van der Waals surface area contributed by atoms with Crippen molar-refractivity contribution in [1.82, 2.24) is 14.1 Å². The summed E-state index contributed by atoms with van der Waals surface area (Å²) >= 11 is 0. The first kappa shape index (κ1) is 19.7. The Labute approximate surface area is 151 Å². The van der Waals surface area contributed by atoms with Gasteiger partial charge in [0.1, 0.15) is 4.90 Å². The Morgan fingerprint density at radius 3 is 2.28 bits per heavy atom. The Balaban J connectivity index is 2.57. The maximum atomic E-state index is 13.3. The molecule has 0 atom stereocenters. The van der Waals surface area contributed by atoms with E-state index >= 15 is 0 Å². The van der Waals surface area contributed by atoms with E-state index in [2.05, 4.69) is 12.0 Å². The van der Waals surface area contributed by atoms with Gasteiger partial charge in [0, 0.05) is 18.5 Å². The zero-order valence-electron chi connectivity index (χ0n) is 15.9. The van der Waals surface area contributed by atoms with Crippen LogP contribution >= 0.6 is 0 Å². The molecule has 0 bridgehead atoms. The molecular weight excluding hydrogens is 334 g/mol. The van der Waals surface area contributed by atoms with Gasteiger partial charge in [0.15, 0.2) is 0 Å². The van der Waals surface area contributed by atoms with Crippen LogP contribution in [-0.4, -0.2) is 35.6 Å². The van der Waals surface area contributed by atoms with Crippen LogP contribution in [0.15, 0.2) is 41.4 Å². The predicted octanol–water partition coefficient (Wildman–Crippen LogP) is 3.98. The van der Waals surface area contributed by atoms with Crippen LogP contribution in [0, 0.1) is 0 Å². The number of nitrogens with zero attached hydrogens (tertiary/aromatic N) is 3. The fourth-order valence-corrected chi connectivity index (χ4v) is 4.51. The molecule has 0 saturated heterocycles. The van der Waals surface area contributed by atoms with Crippen molar-refractivity contribution < 1.29 is 8.42 Å². The van der Waals surface area contributed by atoms with E-state index in [1.807, 2.05) is 58.0 Å². The van der Waals surface area contributed by atoms with Crippen LogP contribution in [-0.2, 0) is 15.4 Å². The fraction of sp³-hybridized carbons (Fsp3) is 0.526. The van der Waals surface area contributed by atoms with Gasteiger partial charge in [-0.25, -0.2) is 13.1 Å². The molecule has 1 aromatic heterocycles. The van der Waals surface area contributed by atoms with E-state index in [0.29, 0.717) is 23.7 Å². The van der Waals surface area contributed by atoms with Gasteiger partial charge in [-0.3, -0.25) is 0 Å². The molecule has 2 aromatic rings. The van der Waals surface area contributed by atoms with Gasteiger partial charge in [0.25, 0.3) is 0 Å². The lowest BCUT2D eigenvalue weighted by molar-refractivity contribution is 0.416. The van der Waals surface area contributed by atoms with Crippen molar-refractivity contribution in [3.63, 3.8) is 0 Å². The second-order valence-corrected chi connectivity index (χ2v) is 9.13. The molecule has 0 saturated carbocycles. The third kappa shape index (κ3) is 4.30. The standard InChI is InChI=1S/C19H29N3O2S/c1-6-8-14-21(7-2)25(23,24)17-15-22(16-12-10-9-11-13-16)20-18(17)19(3,4)5/h9-13,15H,6-8,14H2,1-5H3. The minimum Gasteiger partial charge on any atom is -0.239 e. The average Bonchev–Trinajstić information content (AvgIpc) is 3.03. The number of unbranched alkanes of at least 4 members (excludes halogenated alkanes) is 1. The fourth-order valence-electron chi connectivity index (χ4n) is 2.70. The van der Waals surface area contributed by atoms with E-state index in [1.165, 1.54) is 0 Å². The molecule has 25 heavy (non-hydrogen) atoms. The van der Waals surface area contributed by atoms with E-state index in [1.54, 1.807) is 15.2 Å². The number of rotatable bonds is 7. The van der Waals surface area contributed by atoms with Gasteiger partial charge in [-0.2, -0.15) is 9.40 Å². The SMILES string of the molecule is CCCCN(CC)S(=O)(=O)c1cn(-c2ccccc2)nc1C(C)(C)C. The number of sulfonamides is 1. The van der Waals surface area contributed by atoms with Crippen LogP contribution in [0.5, 0.6) is 0 Å². The maximum Gasteiger partial charge on any atom is 0.246 e. The van der Waals surface area contributed by atoms with Crippen LogP contribution in [0.25, 0.3) is 5.69 Å². The van der Waals surface area contributed by atoms with Gasteiger partial charge < -0.3 is 0 Å². The minimum atomic E-state index is -3.57. The molecule has 0 radical (unpaired) electrons. The molecule has 0 aliphatic rings. The van der Waals surface area contributed by atoms with Gasteiger partial charge in [-0.15, -0.1) is 0 Å². The maximum absolute atomic E-state index is 13.3. The molecular formula is C19H29N3O2S. The van der Waals surface area contributed by atoms with Crippen LogP contribution in [0.1, 0.15) is 53.2 Å². The predicted molar refractivity (Wildman–Crippen MR) is 102 cm³/mol. The highest BCUT2D eigenvalue weighted by atomic mass is 32.2. The molecule has 5 nitrogen and oxygen atoms in total. The van der Waals surface area contributed by atoms with Gasteiger partial charge in [-0.1, -0.05) is 59.2 Å². The Hall–Kier alpha value is -1.66. The van der Waals surface area contributed by atoms with Crippen molar-refractivity contribution in [3.05, 3.63) is 42.2 Å². The van der Waals surface area contributed by atoms with E-state index in [9.17, 15) is 8.42 Å². The highest BCUT2D eigenvalue weighted by Gasteiger charge is 2.33. The average molecular weight is 364 g/mol. The lowest BCUT2D eigenvalue weighted by Crippen LogP contribution is -2.33. The Morgan fingerprint density at radius 1 is 1.12 bits per heavy atom. The lowest BCUT2D eigenvalue weighted by atomic mass is 9.92. The van der Waals surface area contributed by atoms with Crippen molar-refractivity contribution >= 4 is 10.0 Å². The lowest BCUT2D eigenvalue weighted by Gasteiger charge is -2.23. The second kappa shape index (κ2) is 7.70. The minimum absolute atomic E-state index is 0.307. The smallest absolute Gasteiger partial charge is 0.239 e. The molecule has 0 unspecified atom stereocenters. The second-order valence-electron chi connectivity index (χ2n) is 7.22. The summed E-state index contributed by atoms with van der Waals surface area (Å²) in [4.78, 5) is 0.307. The molecule has 0 spiro atoms. The molecule has 0 amide bonds. The van der Waals surface area contributed by atoms with Gasteiger partial charge >= 0.3 is 0 Å². The normalized spacial score (nSPS) is 12.7. The molecule has 138 valence electrons. The highest BCUT2D eigenvalue weighted by Crippen LogP contribution is 2.30. The van der Waals surface area contributed by atoms with Crippen molar-refractivity contribution in [2.24, 2.45) is 0 Å². The summed E-state index contributed by atoms with van der Waals surface area (Å²) in [5.41, 5.74) is 1.09. The Bertz CT molecular complexity index is 790. The molecule has 0 aliphatic heterocycles. The van der Waals surface area contributed by atoms with Crippen molar-refractivity contribution in [3.8, 4) is 5.69 Å². The zero-order chi connectivity index (χ0) is 18.7. The van der Waals surface area contributed by atoms with E-state index in [4.69, 9.17) is 0 Å². The largest absolute Gasteiger partial charge is 0.246 e. The Morgan fingerprint density at radius 2 is 1.76 bits per heavy atom. The summed E-state index contributed by atoms with van der Waals surface area (Å²) in [5.74, 6) is 0. The quantitative estimate of drug-likeness (QED) is 0.748. The van der Waals surface area contributed by atoms with Crippen molar-refractivity contribution in [1.29, 1.82) is 0 Å². The summed E-state index contributed by atoms with van der Waals surface area (Å²) in [6.07, 6.45) is 3.46. The van der Waals surface area contributed by atoms with Crippen LogP contribution in [0.4, 0.5) is 0 Å². The molecule has 1 heterocycles. The molecule has 2 rings (SSSR count). The molecule has 0 aliphatic carbocycles. The van der Waals surface area contributed by atoms with Crippen LogP contribution in [0.2, 0.25) is 0 Å². The number of para-hydroxylation sites is 1. The summed E-state index contributed by atoms with van der Waals surface area (Å²) in [6.45, 7) is 10.9. The van der Waals surface area contributed by atoms with E-state index in [-0.39, 0.29) is 5.41 Å².